The van der Waals surface area contributed by atoms with Gasteiger partial charge in [0, 0.05) is 16.5 Å². The summed E-state index contributed by atoms with van der Waals surface area (Å²) in [7, 11) is 0. The van der Waals surface area contributed by atoms with Crippen LogP contribution in [0.25, 0.3) is 0 Å². The molecule has 0 spiro atoms. The van der Waals surface area contributed by atoms with E-state index >= 15 is 0 Å². The molecule has 0 aromatic carbocycles. The molecule has 2 N–H and O–H groups in total. The van der Waals surface area contributed by atoms with Gasteiger partial charge in [0.25, 0.3) is 5.91 Å². The standard InChI is InChI=1S/C15H19N3OS/c1-3-11(12-5-4-8-20-12)16-15(19)13-9(2)17-18-14(13)10-6-7-10/h4-5,8,10-11H,3,6-7H2,1-2H3,(H,16,19)(H,17,18). The second kappa shape index (κ2) is 5.40. The molecule has 1 aliphatic carbocycles. The number of aryl methyl sites for hydroxylation is 1. The van der Waals surface area contributed by atoms with E-state index in [2.05, 4.69) is 28.5 Å². The lowest BCUT2D eigenvalue weighted by atomic mass is 10.1. The van der Waals surface area contributed by atoms with Gasteiger partial charge in [0.05, 0.1) is 17.3 Å². The normalized spacial score (nSPS) is 16.1. The van der Waals surface area contributed by atoms with Gasteiger partial charge >= 0.3 is 0 Å². The van der Waals surface area contributed by atoms with Gasteiger partial charge in [-0.25, -0.2) is 0 Å². The molecule has 1 amide bonds. The minimum Gasteiger partial charge on any atom is -0.344 e. The Labute approximate surface area is 122 Å². The zero-order chi connectivity index (χ0) is 14.1. The van der Waals surface area contributed by atoms with E-state index in [9.17, 15) is 4.79 Å². The molecular formula is C15H19N3OS. The zero-order valence-corrected chi connectivity index (χ0v) is 12.6. The summed E-state index contributed by atoms with van der Waals surface area (Å²) in [6, 6.07) is 4.18. The van der Waals surface area contributed by atoms with E-state index in [-0.39, 0.29) is 11.9 Å². The van der Waals surface area contributed by atoms with Gasteiger partial charge in [-0.2, -0.15) is 5.10 Å². The largest absolute Gasteiger partial charge is 0.344 e. The summed E-state index contributed by atoms with van der Waals surface area (Å²) in [4.78, 5) is 13.8. The number of amides is 1. The van der Waals surface area contributed by atoms with E-state index < -0.39 is 0 Å². The molecule has 3 rings (SSSR count). The van der Waals surface area contributed by atoms with Gasteiger partial charge in [-0.05, 0) is 37.6 Å². The van der Waals surface area contributed by atoms with Crippen molar-refractivity contribution in [3.63, 3.8) is 0 Å². The first-order chi connectivity index (χ1) is 9.70. The number of aromatic nitrogens is 2. The van der Waals surface area contributed by atoms with Crippen LogP contribution in [0.15, 0.2) is 17.5 Å². The highest BCUT2D eigenvalue weighted by Gasteiger charge is 2.32. The summed E-state index contributed by atoms with van der Waals surface area (Å²) in [6.07, 6.45) is 3.18. The molecule has 4 nitrogen and oxygen atoms in total. The van der Waals surface area contributed by atoms with Crippen LogP contribution in [0.1, 0.15) is 64.8 Å². The van der Waals surface area contributed by atoms with E-state index in [1.165, 1.54) is 4.88 Å². The number of hydrogen-bond acceptors (Lipinski definition) is 3. The summed E-state index contributed by atoms with van der Waals surface area (Å²) in [6.45, 7) is 4.01. The summed E-state index contributed by atoms with van der Waals surface area (Å²) in [5.41, 5.74) is 2.56. The molecule has 1 fully saturated rings. The Morgan fingerprint density at radius 2 is 2.40 bits per heavy atom. The van der Waals surface area contributed by atoms with Crippen LogP contribution in [0.5, 0.6) is 0 Å². The minimum atomic E-state index is -0.00148. The molecular weight excluding hydrogens is 270 g/mol. The average molecular weight is 289 g/mol. The van der Waals surface area contributed by atoms with Gasteiger partial charge in [0.1, 0.15) is 0 Å². The molecule has 1 atom stereocenters. The van der Waals surface area contributed by atoms with Crippen LogP contribution < -0.4 is 5.32 Å². The van der Waals surface area contributed by atoms with Crippen molar-refractivity contribution >= 4 is 17.2 Å². The van der Waals surface area contributed by atoms with E-state index in [1.54, 1.807) is 11.3 Å². The quantitative estimate of drug-likeness (QED) is 0.884. The number of nitrogens with zero attached hydrogens (tertiary/aromatic N) is 1. The third kappa shape index (κ3) is 2.50. The van der Waals surface area contributed by atoms with Crippen LogP contribution >= 0.6 is 11.3 Å². The molecule has 0 bridgehead atoms. The van der Waals surface area contributed by atoms with Crippen LogP contribution in [0, 0.1) is 6.92 Å². The Bertz CT molecular complexity index is 599. The fourth-order valence-corrected chi connectivity index (χ4v) is 3.34. The molecule has 1 saturated carbocycles. The summed E-state index contributed by atoms with van der Waals surface area (Å²) >= 11 is 1.68. The molecule has 2 aromatic heterocycles. The average Bonchev–Trinajstić information content (AvgIpc) is 2.99. The topological polar surface area (TPSA) is 57.8 Å². The second-order valence-electron chi connectivity index (χ2n) is 5.33. The van der Waals surface area contributed by atoms with Crippen molar-refractivity contribution in [3.8, 4) is 0 Å². The maximum atomic E-state index is 12.6. The van der Waals surface area contributed by atoms with Gasteiger partial charge in [0.2, 0.25) is 0 Å². The molecule has 2 heterocycles. The van der Waals surface area contributed by atoms with Crippen LogP contribution in [-0.4, -0.2) is 16.1 Å². The predicted molar refractivity (Wildman–Crippen MR) is 80.1 cm³/mol. The Hall–Kier alpha value is -1.62. The first-order valence-corrected chi connectivity index (χ1v) is 7.97. The molecule has 20 heavy (non-hydrogen) atoms. The highest BCUT2D eigenvalue weighted by Crippen LogP contribution is 2.41. The molecule has 1 unspecified atom stereocenters. The lowest BCUT2D eigenvalue weighted by Crippen LogP contribution is -2.28. The van der Waals surface area contributed by atoms with Gasteiger partial charge in [-0.1, -0.05) is 13.0 Å². The molecule has 5 heteroatoms. The first-order valence-electron chi connectivity index (χ1n) is 7.09. The second-order valence-corrected chi connectivity index (χ2v) is 6.31. The van der Waals surface area contributed by atoms with Gasteiger partial charge in [0.15, 0.2) is 0 Å². The number of nitrogens with one attached hydrogen (secondary N) is 2. The Kier molecular flexibility index (Phi) is 3.61. The zero-order valence-electron chi connectivity index (χ0n) is 11.8. The van der Waals surface area contributed by atoms with Crippen molar-refractivity contribution in [2.75, 3.05) is 0 Å². The third-order valence-corrected chi connectivity index (χ3v) is 4.75. The van der Waals surface area contributed by atoms with Crippen molar-refractivity contribution in [2.24, 2.45) is 0 Å². The van der Waals surface area contributed by atoms with Crippen LogP contribution in [0.3, 0.4) is 0 Å². The third-order valence-electron chi connectivity index (χ3n) is 3.77. The summed E-state index contributed by atoms with van der Waals surface area (Å²) in [5, 5.41) is 12.5. The minimum absolute atomic E-state index is 0.00148. The number of aromatic amines is 1. The molecule has 0 radical (unpaired) electrons. The fourth-order valence-electron chi connectivity index (χ4n) is 2.48. The number of thiophene rings is 1. The summed E-state index contributed by atoms with van der Waals surface area (Å²) < 4.78 is 0. The molecule has 2 aromatic rings. The number of carbonyl (C=O) groups excluding carboxylic acids is 1. The first kappa shape index (κ1) is 13.4. The number of rotatable bonds is 5. The SMILES string of the molecule is CCC(NC(=O)c1c(C2CC2)n[nH]c1C)c1cccs1. The van der Waals surface area contributed by atoms with Gasteiger partial charge < -0.3 is 5.32 Å². The van der Waals surface area contributed by atoms with Crippen LogP contribution in [-0.2, 0) is 0 Å². The molecule has 106 valence electrons. The highest BCUT2D eigenvalue weighted by molar-refractivity contribution is 7.10. The fraction of sp³-hybridized carbons (Fsp3) is 0.467. The number of carbonyl (C=O) groups is 1. The van der Waals surface area contributed by atoms with E-state index in [0.717, 1.165) is 36.2 Å². The van der Waals surface area contributed by atoms with E-state index in [0.29, 0.717) is 5.92 Å². The van der Waals surface area contributed by atoms with E-state index in [4.69, 9.17) is 0 Å². The lowest BCUT2D eigenvalue weighted by Gasteiger charge is -2.15. The van der Waals surface area contributed by atoms with Crippen molar-refractivity contribution in [2.45, 2.75) is 45.1 Å². The number of hydrogen-bond donors (Lipinski definition) is 2. The van der Waals surface area contributed by atoms with Gasteiger partial charge in [-0.3, -0.25) is 9.89 Å². The van der Waals surface area contributed by atoms with E-state index in [1.807, 2.05) is 18.4 Å². The Balaban J connectivity index is 1.80. The monoisotopic (exact) mass is 289 g/mol. The van der Waals surface area contributed by atoms with Crippen molar-refractivity contribution in [1.82, 2.24) is 15.5 Å². The van der Waals surface area contributed by atoms with Crippen molar-refractivity contribution in [3.05, 3.63) is 39.3 Å². The lowest BCUT2D eigenvalue weighted by molar-refractivity contribution is 0.0934. The van der Waals surface area contributed by atoms with Crippen molar-refractivity contribution in [1.29, 1.82) is 0 Å². The van der Waals surface area contributed by atoms with Crippen LogP contribution in [0.4, 0.5) is 0 Å². The van der Waals surface area contributed by atoms with Crippen LogP contribution in [0.2, 0.25) is 0 Å². The smallest absolute Gasteiger partial charge is 0.255 e. The molecule has 1 aliphatic rings. The van der Waals surface area contributed by atoms with Crippen molar-refractivity contribution < 1.29 is 4.79 Å². The number of H-pyrrole nitrogens is 1. The Morgan fingerprint density at radius 1 is 1.60 bits per heavy atom. The highest BCUT2D eigenvalue weighted by atomic mass is 32.1. The maximum Gasteiger partial charge on any atom is 0.255 e. The van der Waals surface area contributed by atoms with Gasteiger partial charge in [-0.15, -0.1) is 11.3 Å². The maximum absolute atomic E-state index is 12.6. The molecule has 0 saturated heterocycles. The predicted octanol–water partition coefficient (Wildman–Crippen LogP) is 3.54. The summed E-state index contributed by atoms with van der Waals surface area (Å²) in [5.74, 6) is 0.473. The Morgan fingerprint density at radius 3 is 3.00 bits per heavy atom. The molecule has 0 aliphatic heterocycles.